The van der Waals surface area contributed by atoms with Crippen molar-refractivity contribution in [1.82, 2.24) is 0 Å². The van der Waals surface area contributed by atoms with E-state index in [-0.39, 0.29) is 6.61 Å². The second-order valence-electron chi connectivity index (χ2n) is 3.85. The number of methoxy groups -OCH3 is 1. The van der Waals surface area contributed by atoms with E-state index in [9.17, 15) is 10.2 Å². The number of nitrogens with two attached hydrogens (primary N) is 1. The van der Waals surface area contributed by atoms with Crippen molar-refractivity contribution in [2.75, 3.05) is 26.9 Å². The molecule has 0 saturated carbocycles. The summed E-state index contributed by atoms with van der Waals surface area (Å²) in [5.74, 6) is 0. The van der Waals surface area contributed by atoms with E-state index in [0.717, 1.165) is 12.8 Å². The fourth-order valence-electron chi connectivity index (χ4n) is 1.60. The summed E-state index contributed by atoms with van der Waals surface area (Å²) in [4.78, 5) is 0. The molecular weight excluding hydrogens is 214 g/mol. The lowest BCUT2D eigenvalue weighted by Gasteiger charge is -2.15. The van der Waals surface area contributed by atoms with Crippen molar-refractivity contribution in [1.29, 1.82) is 0 Å². The van der Waals surface area contributed by atoms with Crippen LogP contribution in [0.4, 0.5) is 0 Å². The zero-order valence-electron chi connectivity index (χ0n) is 9.54. The normalized spacial score (nSPS) is 34.5. The Morgan fingerprint density at radius 2 is 2.00 bits per heavy atom. The summed E-state index contributed by atoms with van der Waals surface area (Å²) in [6, 6.07) is 0. The average Bonchev–Trinajstić information content (AvgIpc) is 2.54. The van der Waals surface area contributed by atoms with Crippen molar-refractivity contribution in [3.8, 4) is 0 Å². The van der Waals surface area contributed by atoms with Crippen molar-refractivity contribution in [2.24, 2.45) is 5.73 Å². The van der Waals surface area contributed by atoms with E-state index in [2.05, 4.69) is 0 Å². The van der Waals surface area contributed by atoms with E-state index in [1.807, 2.05) is 0 Å². The Labute approximate surface area is 95.3 Å². The molecule has 1 aliphatic rings. The molecule has 1 saturated heterocycles. The molecule has 1 aliphatic heterocycles. The van der Waals surface area contributed by atoms with Crippen molar-refractivity contribution in [3.63, 3.8) is 0 Å². The van der Waals surface area contributed by atoms with Crippen LogP contribution in [0.2, 0.25) is 0 Å². The number of rotatable bonds is 7. The molecule has 0 radical (unpaired) electrons. The van der Waals surface area contributed by atoms with Gasteiger partial charge in [0.1, 0.15) is 18.3 Å². The summed E-state index contributed by atoms with van der Waals surface area (Å²) >= 11 is 0. The third kappa shape index (κ3) is 3.65. The maximum atomic E-state index is 9.63. The van der Waals surface area contributed by atoms with Crippen LogP contribution in [0.5, 0.6) is 0 Å². The predicted octanol–water partition coefficient (Wildman–Crippen LogP) is -1.16. The minimum absolute atomic E-state index is 0.237. The number of hydrogen-bond acceptors (Lipinski definition) is 6. The molecule has 4 atom stereocenters. The highest BCUT2D eigenvalue weighted by molar-refractivity contribution is 4.86. The van der Waals surface area contributed by atoms with Crippen LogP contribution < -0.4 is 5.73 Å². The second-order valence-corrected chi connectivity index (χ2v) is 3.85. The molecule has 0 spiro atoms. The van der Waals surface area contributed by atoms with E-state index >= 15 is 0 Å². The van der Waals surface area contributed by atoms with Crippen LogP contribution in [-0.2, 0) is 14.2 Å². The standard InChI is InChI=1S/C10H21NO5/c1-14-6-7-8(12)9(13)10(16-7)15-5-3-2-4-11/h7-10,12-13H,2-6,11H2,1H3. The molecule has 0 amide bonds. The van der Waals surface area contributed by atoms with Gasteiger partial charge in [0, 0.05) is 13.7 Å². The van der Waals surface area contributed by atoms with Gasteiger partial charge in [0.2, 0.25) is 0 Å². The van der Waals surface area contributed by atoms with E-state index in [1.165, 1.54) is 7.11 Å². The molecule has 1 fully saturated rings. The van der Waals surface area contributed by atoms with Gasteiger partial charge in [0.25, 0.3) is 0 Å². The fraction of sp³-hybridized carbons (Fsp3) is 1.00. The van der Waals surface area contributed by atoms with Gasteiger partial charge in [0.15, 0.2) is 6.29 Å². The van der Waals surface area contributed by atoms with Gasteiger partial charge in [-0.1, -0.05) is 0 Å². The van der Waals surface area contributed by atoms with Gasteiger partial charge in [-0.15, -0.1) is 0 Å². The van der Waals surface area contributed by atoms with Crippen molar-refractivity contribution >= 4 is 0 Å². The SMILES string of the molecule is COCC1OC(OCCCCN)C(O)C1O. The summed E-state index contributed by atoms with van der Waals surface area (Å²) in [7, 11) is 1.51. The van der Waals surface area contributed by atoms with E-state index in [1.54, 1.807) is 0 Å². The molecule has 1 rings (SSSR count). The number of aliphatic hydroxyl groups is 2. The molecular formula is C10H21NO5. The first-order valence-corrected chi connectivity index (χ1v) is 5.53. The quantitative estimate of drug-likeness (QED) is 0.482. The average molecular weight is 235 g/mol. The molecule has 0 aromatic carbocycles. The Bertz CT molecular complexity index is 192. The van der Waals surface area contributed by atoms with Crippen LogP contribution in [0.25, 0.3) is 0 Å². The Balaban J connectivity index is 2.27. The van der Waals surface area contributed by atoms with E-state index in [4.69, 9.17) is 19.9 Å². The van der Waals surface area contributed by atoms with Gasteiger partial charge >= 0.3 is 0 Å². The molecule has 4 unspecified atom stereocenters. The molecule has 0 aliphatic carbocycles. The Morgan fingerprint density at radius 3 is 2.62 bits per heavy atom. The Hall–Kier alpha value is -0.240. The fourth-order valence-corrected chi connectivity index (χ4v) is 1.60. The third-order valence-corrected chi connectivity index (χ3v) is 2.53. The summed E-state index contributed by atoms with van der Waals surface area (Å²) in [6.07, 6.45) is -1.59. The smallest absolute Gasteiger partial charge is 0.186 e. The van der Waals surface area contributed by atoms with Crippen LogP contribution in [0, 0.1) is 0 Å². The highest BCUT2D eigenvalue weighted by atomic mass is 16.7. The maximum Gasteiger partial charge on any atom is 0.186 e. The molecule has 4 N–H and O–H groups in total. The van der Waals surface area contributed by atoms with Crippen LogP contribution in [0.15, 0.2) is 0 Å². The predicted molar refractivity (Wildman–Crippen MR) is 56.8 cm³/mol. The first-order valence-electron chi connectivity index (χ1n) is 5.53. The Morgan fingerprint density at radius 1 is 1.25 bits per heavy atom. The van der Waals surface area contributed by atoms with Gasteiger partial charge in [-0.05, 0) is 19.4 Å². The maximum absolute atomic E-state index is 9.63. The zero-order chi connectivity index (χ0) is 12.0. The van der Waals surface area contributed by atoms with Gasteiger partial charge in [-0.25, -0.2) is 0 Å². The number of unbranched alkanes of at least 4 members (excludes halogenated alkanes) is 1. The summed E-state index contributed by atoms with van der Waals surface area (Å²) in [5.41, 5.74) is 5.34. The molecule has 16 heavy (non-hydrogen) atoms. The van der Waals surface area contributed by atoms with Crippen LogP contribution in [0.3, 0.4) is 0 Å². The molecule has 0 aromatic rings. The number of ether oxygens (including phenoxy) is 3. The Kier molecular flexibility index (Phi) is 6.18. The zero-order valence-corrected chi connectivity index (χ0v) is 9.54. The molecule has 96 valence electrons. The van der Waals surface area contributed by atoms with Gasteiger partial charge in [0.05, 0.1) is 6.61 Å². The van der Waals surface area contributed by atoms with E-state index in [0.29, 0.717) is 13.2 Å². The van der Waals surface area contributed by atoms with Crippen molar-refractivity contribution < 1.29 is 24.4 Å². The summed E-state index contributed by atoms with van der Waals surface area (Å²) in [5, 5.41) is 19.2. The first-order chi connectivity index (χ1) is 7.70. The van der Waals surface area contributed by atoms with Crippen LogP contribution >= 0.6 is 0 Å². The van der Waals surface area contributed by atoms with Gasteiger partial charge < -0.3 is 30.2 Å². The number of aliphatic hydroxyl groups excluding tert-OH is 2. The molecule has 0 aromatic heterocycles. The summed E-state index contributed by atoms with van der Waals surface area (Å²) in [6.45, 7) is 1.32. The molecule has 1 heterocycles. The lowest BCUT2D eigenvalue weighted by molar-refractivity contribution is -0.170. The minimum atomic E-state index is -1.02. The van der Waals surface area contributed by atoms with Crippen LogP contribution in [0.1, 0.15) is 12.8 Å². The topological polar surface area (TPSA) is 94.2 Å². The molecule has 6 nitrogen and oxygen atoms in total. The van der Waals surface area contributed by atoms with Gasteiger partial charge in [-0.2, -0.15) is 0 Å². The lowest BCUT2D eigenvalue weighted by Crippen LogP contribution is -2.35. The first kappa shape index (κ1) is 13.8. The second kappa shape index (κ2) is 7.16. The monoisotopic (exact) mass is 235 g/mol. The highest BCUT2D eigenvalue weighted by Crippen LogP contribution is 2.22. The van der Waals surface area contributed by atoms with E-state index < -0.39 is 24.6 Å². The summed E-state index contributed by atoms with van der Waals surface area (Å²) < 4.78 is 15.5. The highest BCUT2D eigenvalue weighted by Gasteiger charge is 2.43. The molecule has 0 bridgehead atoms. The van der Waals surface area contributed by atoms with Crippen LogP contribution in [-0.4, -0.2) is 61.7 Å². The molecule has 6 heteroatoms. The lowest BCUT2D eigenvalue weighted by atomic mass is 10.1. The number of hydrogen-bond donors (Lipinski definition) is 3. The van der Waals surface area contributed by atoms with Crippen molar-refractivity contribution in [2.45, 2.75) is 37.4 Å². The third-order valence-electron chi connectivity index (χ3n) is 2.53. The van der Waals surface area contributed by atoms with Gasteiger partial charge in [-0.3, -0.25) is 0 Å². The largest absolute Gasteiger partial charge is 0.387 e. The van der Waals surface area contributed by atoms with Crippen molar-refractivity contribution in [3.05, 3.63) is 0 Å². The minimum Gasteiger partial charge on any atom is -0.387 e.